The van der Waals surface area contributed by atoms with Crippen LogP contribution in [0.25, 0.3) is 11.5 Å². The van der Waals surface area contributed by atoms with Crippen molar-refractivity contribution in [3.63, 3.8) is 0 Å². The molecule has 0 atom stereocenters. The van der Waals surface area contributed by atoms with Crippen LogP contribution in [0.5, 0.6) is 0 Å². The highest BCUT2D eigenvalue weighted by molar-refractivity contribution is 5.76. The molecule has 0 unspecified atom stereocenters. The number of aromatic nitrogens is 2. The molecule has 0 radical (unpaired) electrons. The van der Waals surface area contributed by atoms with E-state index in [0.717, 1.165) is 24.0 Å². The largest absolute Gasteiger partial charge is 0.421 e. The van der Waals surface area contributed by atoms with Gasteiger partial charge >= 0.3 is 0 Å². The first-order valence-corrected chi connectivity index (χ1v) is 9.61. The van der Waals surface area contributed by atoms with E-state index in [1.165, 1.54) is 12.1 Å². The number of hydrogen-bond acceptors (Lipinski definition) is 4. The Morgan fingerprint density at radius 3 is 2.54 bits per heavy atom. The van der Waals surface area contributed by atoms with Crippen LogP contribution in [0, 0.1) is 5.82 Å². The van der Waals surface area contributed by atoms with E-state index in [9.17, 15) is 9.18 Å². The van der Waals surface area contributed by atoms with Crippen molar-refractivity contribution in [2.24, 2.45) is 0 Å². The molecule has 5 nitrogen and oxygen atoms in total. The van der Waals surface area contributed by atoms with Gasteiger partial charge < -0.3 is 9.32 Å². The highest BCUT2D eigenvalue weighted by atomic mass is 19.1. The van der Waals surface area contributed by atoms with E-state index in [1.807, 2.05) is 35.2 Å². The summed E-state index contributed by atoms with van der Waals surface area (Å²) >= 11 is 0. The van der Waals surface area contributed by atoms with Crippen LogP contribution in [0.1, 0.15) is 37.1 Å². The summed E-state index contributed by atoms with van der Waals surface area (Å²) in [5.41, 5.74) is 1.84. The Morgan fingerprint density at radius 2 is 1.82 bits per heavy atom. The molecule has 144 valence electrons. The zero-order chi connectivity index (χ0) is 19.3. The van der Waals surface area contributed by atoms with Gasteiger partial charge in [0.1, 0.15) is 5.82 Å². The third-order valence-corrected chi connectivity index (χ3v) is 4.84. The maximum atomic E-state index is 13.1. The van der Waals surface area contributed by atoms with Crippen molar-refractivity contribution < 1.29 is 13.6 Å². The fraction of sp³-hybridized carbons (Fsp3) is 0.318. The van der Waals surface area contributed by atoms with Crippen LogP contribution in [0.3, 0.4) is 0 Å². The second-order valence-corrected chi connectivity index (χ2v) is 7.10. The molecule has 0 aliphatic heterocycles. The van der Waals surface area contributed by atoms with Crippen molar-refractivity contribution in [2.45, 2.75) is 44.7 Å². The number of amides is 1. The summed E-state index contributed by atoms with van der Waals surface area (Å²) in [6, 6.07) is 16.3. The summed E-state index contributed by atoms with van der Waals surface area (Å²) in [5, 5.41) is 8.16. The quantitative estimate of drug-likeness (QED) is 0.582. The standard InChI is InChI=1S/C22H22FN3O2/c23-18-11-9-16(10-12-18)15-26(19-13-14-19)21(27)8-4-7-20-24-25-22(28-20)17-5-2-1-3-6-17/h1-3,5-6,9-12,19H,4,7-8,13-15H2. The minimum Gasteiger partial charge on any atom is -0.421 e. The van der Waals surface area contributed by atoms with Crippen molar-refractivity contribution in [3.8, 4) is 11.5 Å². The van der Waals surface area contributed by atoms with E-state index in [-0.39, 0.29) is 11.7 Å². The number of carbonyl (C=O) groups is 1. The second-order valence-electron chi connectivity index (χ2n) is 7.10. The number of aryl methyl sites for hydroxylation is 1. The van der Waals surface area contributed by atoms with Crippen LogP contribution < -0.4 is 0 Å². The van der Waals surface area contributed by atoms with Gasteiger partial charge in [0.05, 0.1) is 0 Å². The number of hydrogen-bond donors (Lipinski definition) is 0. The molecule has 4 rings (SSSR count). The Bertz CT molecular complexity index is 920. The topological polar surface area (TPSA) is 59.2 Å². The van der Waals surface area contributed by atoms with Crippen LogP contribution in [0.4, 0.5) is 4.39 Å². The summed E-state index contributed by atoms with van der Waals surface area (Å²) in [4.78, 5) is 14.6. The fourth-order valence-corrected chi connectivity index (χ4v) is 3.18. The maximum Gasteiger partial charge on any atom is 0.247 e. The average molecular weight is 379 g/mol. The van der Waals surface area contributed by atoms with Crippen LogP contribution in [0.15, 0.2) is 59.0 Å². The molecule has 0 N–H and O–H groups in total. The highest BCUT2D eigenvalue weighted by Gasteiger charge is 2.32. The van der Waals surface area contributed by atoms with Crippen molar-refractivity contribution in [2.75, 3.05) is 0 Å². The SMILES string of the molecule is O=C(CCCc1nnc(-c2ccccc2)o1)N(Cc1ccc(F)cc1)C1CC1. The van der Waals surface area contributed by atoms with Gasteiger partial charge in [-0.3, -0.25) is 4.79 Å². The number of benzene rings is 2. The van der Waals surface area contributed by atoms with Gasteiger partial charge in [0.2, 0.25) is 17.7 Å². The minimum atomic E-state index is -0.262. The van der Waals surface area contributed by atoms with Crippen molar-refractivity contribution >= 4 is 5.91 Å². The van der Waals surface area contributed by atoms with Gasteiger partial charge in [-0.25, -0.2) is 4.39 Å². The first-order valence-electron chi connectivity index (χ1n) is 9.61. The fourth-order valence-electron chi connectivity index (χ4n) is 3.18. The predicted octanol–water partition coefficient (Wildman–Crippen LogP) is 4.39. The summed E-state index contributed by atoms with van der Waals surface area (Å²) < 4.78 is 18.8. The number of carbonyl (C=O) groups excluding carboxylic acids is 1. The summed E-state index contributed by atoms with van der Waals surface area (Å²) in [6.45, 7) is 0.530. The van der Waals surface area contributed by atoms with Crippen molar-refractivity contribution in [3.05, 3.63) is 71.9 Å². The van der Waals surface area contributed by atoms with Crippen molar-refractivity contribution in [1.82, 2.24) is 15.1 Å². The molecule has 0 bridgehead atoms. The molecule has 0 saturated heterocycles. The Morgan fingerprint density at radius 1 is 1.07 bits per heavy atom. The van der Waals surface area contributed by atoms with Crippen LogP contribution in [-0.4, -0.2) is 27.0 Å². The van der Waals surface area contributed by atoms with Crippen LogP contribution in [-0.2, 0) is 17.8 Å². The number of nitrogens with zero attached hydrogens (tertiary/aromatic N) is 3. The molecule has 1 fully saturated rings. The minimum absolute atomic E-state index is 0.120. The first kappa shape index (κ1) is 18.3. The third-order valence-electron chi connectivity index (χ3n) is 4.84. The molecule has 1 aliphatic rings. The second kappa shape index (κ2) is 8.33. The predicted molar refractivity (Wildman–Crippen MR) is 103 cm³/mol. The van der Waals surface area contributed by atoms with E-state index in [2.05, 4.69) is 10.2 Å². The average Bonchev–Trinajstić information content (AvgIpc) is 3.45. The number of halogens is 1. The van der Waals surface area contributed by atoms with E-state index in [1.54, 1.807) is 12.1 Å². The lowest BCUT2D eigenvalue weighted by molar-refractivity contribution is -0.132. The molecule has 1 aliphatic carbocycles. The summed E-state index contributed by atoms with van der Waals surface area (Å²) in [7, 11) is 0. The maximum absolute atomic E-state index is 13.1. The Kier molecular flexibility index (Phi) is 5.46. The molecule has 2 aromatic carbocycles. The zero-order valence-electron chi connectivity index (χ0n) is 15.6. The molecule has 3 aromatic rings. The zero-order valence-corrected chi connectivity index (χ0v) is 15.6. The normalized spacial score (nSPS) is 13.5. The lowest BCUT2D eigenvalue weighted by Gasteiger charge is -2.22. The van der Waals surface area contributed by atoms with Gasteiger partial charge in [-0.05, 0) is 49.1 Å². The van der Waals surface area contributed by atoms with Gasteiger partial charge in [0.25, 0.3) is 0 Å². The van der Waals surface area contributed by atoms with Gasteiger partial charge in [-0.1, -0.05) is 30.3 Å². The van der Waals surface area contributed by atoms with Gasteiger partial charge in [0, 0.05) is 31.0 Å². The van der Waals surface area contributed by atoms with Gasteiger partial charge in [-0.15, -0.1) is 10.2 Å². The first-order chi connectivity index (χ1) is 13.7. The lowest BCUT2D eigenvalue weighted by atomic mass is 10.1. The smallest absolute Gasteiger partial charge is 0.247 e. The molecule has 28 heavy (non-hydrogen) atoms. The molecule has 1 heterocycles. The Balaban J connectivity index is 1.30. The Labute approximate surface area is 163 Å². The third kappa shape index (κ3) is 4.63. The molecule has 1 saturated carbocycles. The van der Waals surface area contributed by atoms with Crippen LogP contribution >= 0.6 is 0 Å². The van der Waals surface area contributed by atoms with Gasteiger partial charge in [-0.2, -0.15) is 0 Å². The molecular formula is C22H22FN3O2. The molecule has 6 heteroatoms. The monoisotopic (exact) mass is 379 g/mol. The summed E-state index contributed by atoms with van der Waals surface area (Å²) in [6.07, 6.45) is 3.73. The van der Waals surface area contributed by atoms with E-state index in [0.29, 0.717) is 43.6 Å². The van der Waals surface area contributed by atoms with Crippen LogP contribution in [0.2, 0.25) is 0 Å². The summed E-state index contributed by atoms with van der Waals surface area (Å²) in [5.74, 6) is 0.901. The van der Waals surface area contributed by atoms with Gasteiger partial charge in [0.15, 0.2) is 0 Å². The lowest BCUT2D eigenvalue weighted by Crippen LogP contribution is -2.32. The highest BCUT2D eigenvalue weighted by Crippen LogP contribution is 2.29. The molecular weight excluding hydrogens is 357 g/mol. The number of rotatable bonds is 8. The van der Waals surface area contributed by atoms with E-state index >= 15 is 0 Å². The molecule has 1 aromatic heterocycles. The van der Waals surface area contributed by atoms with E-state index in [4.69, 9.17) is 4.42 Å². The molecule has 0 spiro atoms. The Hall–Kier alpha value is -3.02. The van der Waals surface area contributed by atoms with E-state index < -0.39 is 0 Å². The van der Waals surface area contributed by atoms with Crippen molar-refractivity contribution in [1.29, 1.82) is 0 Å². The molecule has 1 amide bonds.